The molecule has 0 heterocycles. The van der Waals surface area contributed by atoms with Gasteiger partial charge in [0.15, 0.2) is 28.7 Å². The summed E-state index contributed by atoms with van der Waals surface area (Å²) in [5.74, 6) is -8.66. The topological polar surface area (TPSA) is 135 Å². The summed E-state index contributed by atoms with van der Waals surface area (Å²) in [4.78, 5) is 69.0. The van der Waals surface area contributed by atoms with Gasteiger partial charge in [-0.05, 0) is 65.3 Å². The summed E-state index contributed by atoms with van der Waals surface area (Å²) in [6.45, 7) is 7.95. The molecule has 6 atom stereocenters. The van der Waals surface area contributed by atoms with E-state index < -0.39 is 69.0 Å². The highest BCUT2D eigenvalue weighted by molar-refractivity contribution is 6.34. The molecule has 0 saturated heterocycles. The molecule has 3 aromatic rings. The first kappa shape index (κ1) is 27.3. The second-order valence-corrected chi connectivity index (χ2v) is 12.8. The Labute approximate surface area is 236 Å². The number of Topliss-reactive ketones (excluding diaryl/α,β-unsaturated/α-hetero) is 5. The summed E-state index contributed by atoms with van der Waals surface area (Å²) in [5.41, 5.74) is -5.03. The van der Waals surface area contributed by atoms with Crippen molar-refractivity contribution in [3.05, 3.63) is 47.5 Å². The van der Waals surface area contributed by atoms with Gasteiger partial charge in [0.2, 0.25) is 0 Å². The molecular formula is C33H32O8. The van der Waals surface area contributed by atoms with E-state index in [9.17, 15) is 34.2 Å². The van der Waals surface area contributed by atoms with E-state index >= 15 is 0 Å². The first-order valence-corrected chi connectivity index (χ1v) is 13.8. The Morgan fingerprint density at radius 2 is 1.66 bits per heavy atom. The van der Waals surface area contributed by atoms with Crippen LogP contribution in [0.1, 0.15) is 57.0 Å². The van der Waals surface area contributed by atoms with Crippen LogP contribution in [0.4, 0.5) is 0 Å². The number of phenolic OH excluding ortho intramolecular Hbond substituents is 1. The van der Waals surface area contributed by atoms with Crippen molar-refractivity contribution in [2.45, 2.75) is 52.1 Å². The number of hydrogen-bond donors (Lipinski definition) is 2. The second kappa shape index (κ2) is 8.32. The van der Waals surface area contributed by atoms with Crippen LogP contribution >= 0.6 is 0 Å². The third-order valence-corrected chi connectivity index (χ3v) is 10.2. The third kappa shape index (κ3) is 3.06. The van der Waals surface area contributed by atoms with Crippen LogP contribution in [0.3, 0.4) is 0 Å². The Morgan fingerprint density at radius 1 is 1.00 bits per heavy atom. The van der Waals surface area contributed by atoms with Gasteiger partial charge in [0.25, 0.3) is 0 Å². The molecule has 2 saturated carbocycles. The largest absolute Gasteiger partial charge is 0.507 e. The van der Waals surface area contributed by atoms with Crippen molar-refractivity contribution in [3.63, 3.8) is 0 Å². The molecule has 2 N–H and O–H groups in total. The van der Waals surface area contributed by atoms with E-state index in [1.54, 1.807) is 46.9 Å². The molecule has 0 spiro atoms. The lowest BCUT2D eigenvalue weighted by Crippen LogP contribution is -2.77. The highest BCUT2D eigenvalue weighted by atomic mass is 16.5. The lowest BCUT2D eigenvalue weighted by Gasteiger charge is -2.61. The maximum atomic E-state index is 14.6. The molecule has 3 unspecified atom stereocenters. The number of benzene rings is 3. The molecule has 2 fully saturated rings. The van der Waals surface area contributed by atoms with Crippen molar-refractivity contribution >= 4 is 50.5 Å². The van der Waals surface area contributed by atoms with E-state index in [-0.39, 0.29) is 17.7 Å². The van der Waals surface area contributed by atoms with Crippen molar-refractivity contribution in [1.82, 2.24) is 0 Å². The van der Waals surface area contributed by atoms with Gasteiger partial charge in [-0.25, -0.2) is 0 Å². The molecule has 8 nitrogen and oxygen atoms in total. The normalized spacial score (nSPS) is 32.8. The van der Waals surface area contributed by atoms with Crippen molar-refractivity contribution in [2.24, 2.45) is 29.1 Å². The third-order valence-electron chi connectivity index (χ3n) is 10.2. The highest BCUT2D eigenvalue weighted by Gasteiger charge is 2.76. The molecule has 0 aliphatic heterocycles. The van der Waals surface area contributed by atoms with E-state index in [0.717, 1.165) is 17.7 Å². The standard InChI is InChI=1S/C33H32O8/c1-14(2)25-27(36)22(15(3)34)29(38)33(40)30(39)26-28(37)24-21(35)10-9-19-18-8-7-17(41-6)11-16(18)12-20(23(19)24)31(26,4)13-32(25,33)5/h7-12,14,22,25-26,35,40H,13H2,1-6H3/t22?,25?,26?,31-,32+,33-/m0/s1. The Balaban J connectivity index is 1.72. The predicted octanol–water partition coefficient (Wildman–Crippen LogP) is 4.12. The van der Waals surface area contributed by atoms with Gasteiger partial charge in [-0.1, -0.05) is 39.8 Å². The van der Waals surface area contributed by atoms with Gasteiger partial charge in [-0.15, -0.1) is 0 Å². The Bertz CT molecular complexity index is 1770. The monoisotopic (exact) mass is 556 g/mol. The summed E-state index contributed by atoms with van der Waals surface area (Å²) in [5, 5.41) is 26.0. The van der Waals surface area contributed by atoms with Crippen LogP contribution in [0.25, 0.3) is 21.5 Å². The van der Waals surface area contributed by atoms with Gasteiger partial charge in [0.05, 0.1) is 18.6 Å². The first-order valence-electron chi connectivity index (χ1n) is 13.8. The molecule has 6 rings (SSSR count). The minimum atomic E-state index is -2.74. The molecule has 0 aromatic heterocycles. The predicted molar refractivity (Wildman–Crippen MR) is 150 cm³/mol. The molecule has 3 aliphatic carbocycles. The van der Waals surface area contributed by atoms with Crippen LogP contribution in [0, 0.1) is 29.1 Å². The van der Waals surface area contributed by atoms with Crippen LogP contribution in [-0.4, -0.2) is 51.8 Å². The van der Waals surface area contributed by atoms with Gasteiger partial charge in [0.1, 0.15) is 23.2 Å². The number of carbonyl (C=O) groups is 5. The van der Waals surface area contributed by atoms with Gasteiger partial charge in [0, 0.05) is 22.1 Å². The summed E-state index contributed by atoms with van der Waals surface area (Å²) in [7, 11) is 1.55. The number of ketones is 5. The van der Waals surface area contributed by atoms with Crippen molar-refractivity contribution in [3.8, 4) is 11.5 Å². The van der Waals surface area contributed by atoms with Crippen molar-refractivity contribution < 1.29 is 38.9 Å². The Kier molecular flexibility index (Phi) is 5.53. The molecule has 3 aromatic carbocycles. The number of rotatable bonds is 3. The number of fused-ring (bicyclic) bond motifs is 5. The van der Waals surface area contributed by atoms with Gasteiger partial charge < -0.3 is 14.9 Å². The Hall–Kier alpha value is -3.91. The molecule has 0 radical (unpaired) electrons. The first-order chi connectivity index (χ1) is 19.1. The fourth-order valence-electron chi connectivity index (χ4n) is 8.65. The summed E-state index contributed by atoms with van der Waals surface area (Å²) in [6, 6.07) is 10.5. The van der Waals surface area contributed by atoms with Crippen LogP contribution < -0.4 is 4.74 Å². The smallest absolute Gasteiger partial charge is 0.190 e. The molecular weight excluding hydrogens is 524 g/mol. The number of aliphatic hydroxyl groups is 1. The van der Waals surface area contributed by atoms with Crippen LogP contribution in [0.2, 0.25) is 0 Å². The zero-order valence-electron chi connectivity index (χ0n) is 23.8. The fourth-order valence-corrected chi connectivity index (χ4v) is 8.65. The number of carbonyl (C=O) groups excluding carboxylic acids is 5. The average Bonchev–Trinajstić information content (AvgIpc) is 2.89. The lowest BCUT2D eigenvalue weighted by molar-refractivity contribution is -0.200. The van der Waals surface area contributed by atoms with E-state index in [0.29, 0.717) is 22.1 Å². The molecule has 0 amide bonds. The summed E-state index contributed by atoms with van der Waals surface area (Å²) in [6.07, 6.45) is -0.0523. The molecule has 3 aliphatic rings. The van der Waals surface area contributed by atoms with Crippen LogP contribution in [-0.2, 0) is 24.6 Å². The quantitative estimate of drug-likeness (QED) is 0.363. The minimum absolute atomic E-state index is 0.0406. The molecule has 212 valence electrons. The zero-order chi connectivity index (χ0) is 30.0. The number of methoxy groups -OCH3 is 1. The number of phenols is 1. The van der Waals surface area contributed by atoms with Gasteiger partial charge in [-0.3, -0.25) is 24.0 Å². The highest BCUT2D eigenvalue weighted by Crippen LogP contribution is 2.64. The number of aromatic hydroxyl groups is 1. The molecule has 0 bridgehead atoms. The average molecular weight is 557 g/mol. The molecule has 41 heavy (non-hydrogen) atoms. The van der Waals surface area contributed by atoms with E-state index in [4.69, 9.17) is 4.74 Å². The minimum Gasteiger partial charge on any atom is -0.507 e. The number of hydrogen-bond acceptors (Lipinski definition) is 8. The lowest BCUT2D eigenvalue weighted by atomic mass is 9.39. The molecule has 8 heteroatoms. The summed E-state index contributed by atoms with van der Waals surface area (Å²) < 4.78 is 5.44. The van der Waals surface area contributed by atoms with Crippen LogP contribution in [0.5, 0.6) is 11.5 Å². The van der Waals surface area contributed by atoms with E-state index in [1.807, 2.05) is 18.2 Å². The Morgan fingerprint density at radius 3 is 2.27 bits per heavy atom. The number of ether oxygens (including phenoxy) is 1. The van der Waals surface area contributed by atoms with E-state index in [2.05, 4.69) is 0 Å². The summed E-state index contributed by atoms with van der Waals surface area (Å²) >= 11 is 0. The van der Waals surface area contributed by atoms with Gasteiger partial charge in [-0.2, -0.15) is 0 Å². The van der Waals surface area contributed by atoms with E-state index in [1.165, 1.54) is 6.07 Å². The SMILES string of the molecule is COc1ccc2c(c1)cc1c3c(c(O)ccc32)C(=O)C2C(=O)[C@@]3(O)C(=O)C(C(C)=O)C(=O)C(C(C)C)[C@@]3(C)C[C@@]12C. The fraction of sp³-hybridized carbons (Fsp3) is 0.424. The van der Waals surface area contributed by atoms with Crippen molar-refractivity contribution in [1.29, 1.82) is 0 Å². The van der Waals surface area contributed by atoms with Gasteiger partial charge >= 0.3 is 0 Å². The zero-order valence-corrected chi connectivity index (χ0v) is 23.8. The van der Waals surface area contributed by atoms with Crippen molar-refractivity contribution in [2.75, 3.05) is 7.11 Å². The van der Waals surface area contributed by atoms with Crippen LogP contribution in [0.15, 0.2) is 36.4 Å². The maximum absolute atomic E-state index is 14.6. The second-order valence-electron chi connectivity index (χ2n) is 12.8. The maximum Gasteiger partial charge on any atom is 0.190 e.